The second kappa shape index (κ2) is 8.67. The Balaban J connectivity index is 0.000000541. The maximum absolute atomic E-state index is 7.89. The molecule has 1 aliphatic heterocycles. The predicted molar refractivity (Wildman–Crippen MR) is 91.4 cm³/mol. The van der Waals surface area contributed by atoms with Crippen LogP contribution in [-0.4, -0.2) is 23.7 Å². The van der Waals surface area contributed by atoms with Crippen molar-refractivity contribution in [2.75, 3.05) is 7.11 Å². The summed E-state index contributed by atoms with van der Waals surface area (Å²) in [5.74, 6) is 1.28. The summed E-state index contributed by atoms with van der Waals surface area (Å²) in [5, 5.41) is 15.3. The van der Waals surface area contributed by atoms with Gasteiger partial charge < -0.3 is 15.4 Å². The van der Waals surface area contributed by atoms with E-state index in [1.54, 1.807) is 18.2 Å². The highest BCUT2D eigenvalue weighted by Gasteiger charge is 2.20. The Morgan fingerprint density at radius 2 is 2.09 bits per heavy atom. The van der Waals surface area contributed by atoms with Crippen molar-refractivity contribution < 1.29 is 4.74 Å². The van der Waals surface area contributed by atoms with E-state index in [2.05, 4.69) is 13.5 Å². The smallest absolute Gasteiger partial charge is 0.123 e. The molecule has 0 aliphatic carbocycles. The van der Waals surface area contributed by atoms with Gasteiger partial charge in [-0.3, -0.25) is 10.8 Å². The summed E-state index contributed by atoms with van der Waals surface area (Å²) in [5.41, 5.74) is 7.13. The van der Waals surface area contributed by atoms with Crippen LogP contribution in [0, 0.1) is 10.8 Å². The zero-order chi connectivity index (χ0) is 16.5. The molecule has 1 heterocycles. The second-order valence-electron chi connectivity index (χ2n) is 4.83. The molecule has 0 amide bonds. The van der Waals surface area contributed by atoms with Crippen LogP contribution in [0.2, 0.25) is 0 Å². The van der Waals surface area contributed by atoms with Gasteiger partial charge in [0.15, 0.2) is 0 Å². The van der Waals surface area contributed by atoms with E-state index in [-0.39, 0.29) is 5.84 Å². The number of allylic oxidation sites excluding steroid dienone is 1. The Morgan fingerprint density at radius 1 is 1.45 bits per heavy atom. The van der Waals surface area contributed by atoms with Crippen LogP contribution in [0.3, 0.4) is 0 Å². The molecule has 0 radical (unpaired) electrons. The first-order valence-corrected chi connectivity index (χ1v) is 7.15. The summed E-state index contributed by atoms with van der Waals surface area (Å²) in [6.07, 6.45) is 5.14. The molecule has 0 spiro atoms. The van der Waals surface area contributed by atoms with Crippen LogP contribution >= 0.6 is 0 Å². The lowest BCUT2D eigenvalue weighted by Gasteiger charge is -2.17. The molecule has 1 aromatic rings. The van der Waals surface area contributed by atoms with Crippen molar-refractivity contribution >= 4 is 11.7 Å². The van der Waals surface area contributed by atoms with Crippen LogP contribution in [0.25, 0.3) is 0 Å². The average molecular weight is 300 g/mol. The maximum atomic E-state index is 7.89. The number of hydrogen-bond donors (Lipinski definition) is 3. The van der Waals surface area contributed by atoms with Crippen molar-refractivity contribution in [1.82, 2.24) is 4.90 Å². The number of para-hydroxylation sites is 1. The lowest BCUT2D eigenvalue weighted by molar-refractivity contribution is 0.402. The normalized spacial score (nSPS) is 13.1. The minimum atomic E-state index is 0.0299. The lowest BCUT2D eigenvalue weighted by atomic mass is 10.2. The summed E-state index contributed by atoms with van der Waals surface area (Å²) in [7, 11) is 1.63. The Kier molecular flexibility index (Phi) is 6.89. The van der Waals surface area contributed by atoms with E-state index >= 15 is 0 Å². The highest BCUT2D eigenvalue weighted by molar-refractivity contribution is 6.03. The molecule has 0 saturated heterocycles. The number of rotatable bonds is 5. The third kappa shape index (κ3) is 4.77. The van der Waals surface area contributed by atoms with Gasteiger partial charge in [-0.05, 0) is 12.5 Å². The fraction of sp³-hybridized carbons (Fsp3) is 0.294. The Hall–Kier alpha value is -2.56. The van der Waals surface area contributed by atoms with Crippen molar-refractivity contribution in [3.63, 3.8) is 0 Å². The molecule has 1 aliphatic rings. The highest BCUT2D eigenvalue weighted by Crippen LogP contribution is 2.23. The van der Waals surface area contributed by atoms with E-state index in [4.69, 9.17) is 21.3 Å². The van der Waals surface area contributed by atoms with Crippen molar-refractivity contribution in [3.8, 4) is 5.75 Å². The molecule has 22 heavy (non-hydrogen) atoms. The van der Waals surface area contributed by atoms with Gasteiger partial charge in [0.1, 0.15) is 17.4 Å². The van der Waals surface area contributed by atoms with Crippen LogP contribution in [0.4, 0.5) is 0 Å². The molecule has 0 unspecified atom stereocenters. The summed E-state index contributed by atoms with van der Waals surface area (Å²) in [6, 6.07) is 7.71. The molecule has 4 N–H and O–H groups in total. The van der Waals surface area contributed by atoms with E-state index in [0.29, 0.717) is 24.4 Å². The van der Waals surface area contributed by atoms with Gasteiger partial charge in [-0.25, -0.2) is 0 Å². The summed E-state index contributed by atoms with van der Waals surface area (Å²) in [4.78, 5) is 1.79. The van der Waals surface area contributed by atoms with Gasteiger partial charge in [0.2, 0.25) is 0 Å². The van der Waals surface area contributed by atoms with Crippen molar-refractivity contribution in [1.29, 1.82) is 10.8 Å². The minimum Gasteiger partial charge on any atom is -0.496 e. The monoisotopic (exact) mass is 300 g/mol. The fourth-order valence-corrected chi connectivity index (χ4v) is 1.92. The Morgan fingerprint density at radius 3 is 2.59 bits per heavy atom. The van der Waals surface area contributed by atoms with Gasteiger partial charge in [0.05, 0.1) is 13.7 Å². The second-order valence-corrected chi connectivity index (χ2v) is 4.83. The highest BCUT2D eigenvalue weighted by atomic mass is 16.5. The number of nitrogens with two attached hydrogens (primary N) is 1. The maximum Gasteiger partial charge on any atom is 0.123 e. The van der Waals surface area contributed by atoms with Crippen LogP contribution < -0.4 is 10.5 Å². The third-order valence-electron chi connectivity index (χ3n) is 3.18. The molecule has 5 heteroatoms. The number of nitrogens with zero attached hydrogens (tertiary/aromatic N) is 1. The first kappa shape index (κ1) is 17.5. The average Bonchev–Trinajstić information content (AvgIpc) is 2.89. The lowest BCUT2D eigenvalue weighted by Crippen LogP contribution is -2.20. The van der Waals surface area contributed by atoms with E-state index in [1.807, 2.05) is 30.3 Å². The third-order valence-corrected chi connectivity index (χ3v) is 3.18. The molecule has 0 bridgehead atoms. The molecule has 5 nitrogen and oxygen atoms in total. The molecule has 0 fully saturated rings. The van der Waals surface area contributed by atoms with E-state index in [9.17, 15) is 0 Å². The molecule has 0 atom stereocenters. The van der Waals surface area contributed by atoms with Gasteiger partial charge in [0.25, 0.3) is 0 Å². The van der Waals surface area contributed by atoms with Crippen LogP contribution in [0.5, 0.6) is 5.75 Å². The number of methoxy groups -OCH3 is 1. The number of ether oxygens (including phenoxy) is 1. The van der Waals surface area contributed by atoms with Crippen molar-refractivity contribution in [2.24, 2.45) is 5.73 Å². The van der Waals surface area contributed by atoms with Gasteiger partial charge in [-0.15, -0.1) is 6.58 Å². The van der Waals surface area contributed by atoms with Gasteiger partial charge in [-0.2, -0.15) is 0 Å². The molecule has 2 rings (SSSR count). The molecule has 0 saturated carbocycles. The molecular formula is C17H24N4O. The number of amidine groups is 2. The van der Waals surface area contributed by atoms with Crippen molar-refractivity contribution in [2.45, 2.75) is 26.3 Å². The van der Waals surface area contributed by atoms with Crippen molar-refractivity contribution in [3.05, 3.63) is 54.3 Å². The number of hydrogen-bond acceptors (Lipinski definition) is 3. The fourth-order valence-electron chi connectivity index (χ4n) is 1.92. The SMILES string of the molecule is C=CCC.COc1ccccc1CN1C=C(C(=N)N)CC1=N. The first-order valence-electron chi connectivity index (χ1n) is 7.15. The quantitative estimate of drug-likeness (QED) is 0.443. The summed E-state index contributed by atoms with van der Waals surface area (Å²) in [6.45, 7) is 6.10. The van der Waals surface area contributed by atoms with Gasteiger partial charge >= 0.3 is 0 Å². The summed E-state index contributed by atoms with van der Waals surface area (Å²) < 4.78 is 5.28. The molecular weight excluding hydrogens is 276 g/mol. The van der Waals surface area contributed by atoms with E-state index < -0.39 is 0 Å². The zero-order valence-electron chi connectivity index (χ0n) is 13.2. The van der Waals surface area contributed by atoms with Gasteiger partial charge in [0, 0.05) is 23.8 Å². The largest absolute Gasteiger partial charge is 0.496 e. The zero-order valence-corrected chi connectivity index (χ0v) is 13.2. The van der Waals surface area contributed by atoms with E-state index in [1.165, 1.54) is 0 Å². The molecule has 118 valence electrons. The minimum absolute atomic E-state index is 0.0299. The number of nitrogens with one attached hydrogen (secondary N) is 2. The van der Waals surface area contributed by atoms with Crippen LogP contribution in [0.1, 0.15) is 25.3 Å². The Labute approximate surface area is 132 Å². The predicted octanol–water partition coefficient (Wildman–Crippen LogP) is 3.28. The first-order chi connectivity index (χ1) is 10.5. The van der Waals surface area contributed by atoms with Crippen LogP contribution in [-0.2, 0) is 6.54 Å². The standard InChI is InChI=1S/C13H16N4O.C4H8/c1-18-11-5-3-2-4-9(11)7-17-8-10(13(15)16)6-12(17)14;1-3-4-2/h2-5,8,14H,6-7H2,1H3,(H3,15,16);3H,1,4H2,2H3. The molecule has 0 aromatic heterocycles. The Bertz CT molecular complexity index is 578. The summed E-state index contributed by atoms with van der Waals surface area (Å²) >= 11 is 0. The van der Waals surface area contributed by atoms with E-state index in [0.717, 1.165) is 17.7 Å². The number of benzene rings is 1. The topological polar surface area (TPSA) is 86.2 Å². The molecule has 1 aromatic carbocycles. The van der Waals surface area contributed by atoms with Crippen LogP contribution in [0.15, 0.2) is 48.7 Å². The van der Waals surface area contributed by atoms with Gasteiger partial charge in [-0.1, -0.05) is 31.2 Å².